The number of phenolic OH excluding ortho intramolecular Hbond substituents is 2. The Bertz CT molecular complexity index is 1920. The highest BCUT2D eigenvalue weighted by atomic mass is 33.1. The molecule has 5 N–H and O–H groups in total. The molecule has 8 atom stereocenters. The van der Waals surface area contributed by atoms with E-state index in [-0.39, 0.29) is 61.1 Å². The number of hydrogen-bond acceptors (Lipinski definition) is 11. The lowest BCUT2D eigenvalue weighted by Gasteiger charge is -2.49. The highest BCUT2D eigenvalue weighted by molar-refractivity contribution is 8.77. The number of aliphatic hydroxyl groups is 3. The Hall–Kier alpha value is -3.40. The highest BCUT2D eigenvalue weighted by Crippen LogP contribution is 2.65. The van der Waals surface area contributed by atoms with E-state index in [1.54, 1.807) is 22.9 Å². The maximum Gasteiger partial charge on any atom is 0.201 e. The molecule has 3 aromatic carbocycles. The second-order valence-corrected chi connectivity index (χ2v) is 17.2. The molecule has 5 aliphatic rings. The van der Waals surface area contributed by atoms with E-state index in [4.69, 9.17) is 18.9 Å². The minimum Gasteiger partial charge on any atom is -0.508 e. The third kappa shape index (κ3) is 5.43. The molecule has 2 aliphatic heterocycles. The first-order valence-corrected chi connectivity index (χ1v) is 20.1. The zero-order valence-corrected chi connectivity index (χ0v) is 30.6. The van der Waals surface area contributed by atoms with E-state index >= 15 is 0 Å². The Morgan fingerprint density at radius 1 is 1.02 bits per heavy atom. The topological polar surface area (TPSA) is 138 Å². The normalized spacial score (nSPS) is 30.0. The number of aromatic hydroxyl groups is 2. The van der Waals surface area contributed by atoms with Crippen molar-refractivity contribution in [2.45, 2.75) is 73.7 Å². The summed E-state index contributed by atoms with van der Waals surface area (Å²) in [5, 5.41) is 56.3. The fraction of sp³-hybridized carbons (Fsp3) is 0.500. The lowest BCUT2D eigenvalue weighted by atomic mass is 9.61. The van der Waals surface area contributed by atoms with Crippen molar-refractivity contribution in [2.24, 2.45) is 11.8 Å². The largest absolute Gasteiger partial charge is 0.508 e. The Morgan fingerprint density at radius 3 is 2.63 bits per heavy atom. The highest BCUT2D eigenvalue weighted by Gasteiger charge is 2.55. The van der Waals surface area contributed by atoms with Gasteiger partial charge in [-0.25, -0.2) is 0 Å². The summed E-state index contributed by atoms with van der Waals surface area (Å²) in [6.07, 6.45) is 1.73. The Morgan fingerprint density at radius 2 is 1.86 bits per heavy atom. The molecule has 2 heterocycles. The van der Waals surface area contributed by atoms with Gasteiger partial charge in [0.2, 0.25) is 5.75 Å². The predicted octanol–water partition coefficient (Wildman–Crippen LogP) is 6.42. The van der Waals surface area contributed by atoms with E-state index in [0.717, 1.165) is 59.3 Å². The number of methoxy groups -OCH3 is 2. The van der Waals surface area contributed by atoms with Gasteiger partial charge >= 0.3 is 0 Å². The van der Waals surface area contributed by atoms with Gasteiger partial charge in [-0.05, 0) is 78.3 Å². The molecule has 8 rings (SSSR count). The van der Waals surface area contributed by atoms with Crippen LogP contribution in [0.4, 0.5) is 0 Å². The molecule has 0 radical (unpaired) electrons. The average molecular weight is 733 g/mol. The van der Waals surface area contributed by atoms with Gasteiger partial charge in [0.15, 0.2) is 17.6 Å². The third-order valence-electron chi connectivity index (χ3n) is 11.9. The molecule has 1 fully saturated rings. The minimum atomic E-state index is -1.08. The third-order valence-corrected chi connectivity index (χ3v) is 15.0. The molecule has 0 saturated carbocycles. The van der Waals surface area contributed by atoms with E-state index < -0.39 is 22.9 Å². The Balaban J connectivity index is 1.50. The molecule has 0 amide bonds. The van der Waals surface area contributed by atoms with Gasteiger partial charge in [0.1, 0.15) is 30.0 Å². The quantitative estimate of drug-likeness (QED) is 0.142. The van der Waals surface area contributed by atoms with Crippen molar-refractivity contribution in [3.63, 3.8) is 0 Å². The Labute approximate surface area is 306 Å². The van der Waals surface area contributed by atoms with Crippen LogP contribution >= 0.6 is 21.6 Å². The molecule has 1 spiro atoms. The molecule has 3 aromatic rings. The van der Waals surface area contributed by atoms with Gasteiger partial charge in [0, 0.05) is 52.3 Å². The van der Waals surface area contributed by atoms with Gasteiger partial charge in [-0.1, -0.05) is 46.4 Å². The van der Waals surface area contributed by atoms with Crippen LogP contribution in [0.5, 0.6) is 34.5 Å². The van der Waals surface area contributed by atoms with E-state index in [9.17, 15) is 25.5 Å². The number of hydrogen-bond donors (Lipinski definition) is 5. The van der Waals surface area contributed by atoms with Gasteiger partial charge in [-0.15, -0.1) is 0 Å². The lowest BCUT2D eigenvalue weighted by Crippen LogP contribution is -2.47. The summed E-state index contributed by atoms with van der Waals surface area (Å²) in [6.45, 7) is 2.01. The zero-order valence-electron chi connectivity index (χ0n) is 29.0. The number of rotatable bonds is 6. The number of aliphatic hydroxyl groups excluding tert-OH is 3. The van der Waals surface area contributed by atoms with Crippen LogP contribution in [0.25, 0.3) is 11.1 Å². The first-order chi connectivity index (χ1) is 24.7. The molecule has 3 aliphatic carbocycles. The van der Waals surface area contributed by atoms with Crippen molar-refractivity contribution < 1.29 is 44.5 Å². The van der Waals surface area contributed by atoms with Gasteiger partial charge in [0.25, 0.3) is 0 Å². The van der Waals surface area contributed by atoms with Gasteiger partial charge in [-0.2, -0.15) is 0 Å². The van der Waals surface area contributed by atoms with Crippen LogP contribution in [0.3, 0.4) is 0 Å². The minimum absolute atomic E-state index is 0.0410. The summed E-state index contributed by atoms with van der Waals surface area (Å²) in [5.41, 5.74) is 5.59. The smallest absolute Gasteiger partial charge is 0.201 e. The van der Waals surface area contributed by atoms with Crippen LogP contribution in [0.1, 0.15) is 84.3 Å². The number of fused-ring (bicyclic) bond motifs is 9. The van der Waals surface area contributed by atoms with Crippen molar-refractivity contribution in [1.29, 1.82) is 0 Å². The van der Waals surface area contributed by atoms with Crippen LogP contribution in [0.2, 0.25) is 0 Å². The number of benzene rings is 3. The first-order valence-electron chi connectivity index (χ1n) is 17.8. The number of phenols is 2. The average Bonchev–Trinajstić information content (AvgIpc) is 3.21. The molecule has 0 aromatic heterocycles. The van der Waals surface area contributed by atoms with Gasteiger partial charge in [-0.3, -0.25) is 0 Å². The molecule has 6 bridgehead atoms. The second-order valence-electron chi connectivity index (χ2n) is 14.4. The van der Waals surface area contributed by atoms with Crippen molar-refractivity contribution in [1.82, 2.24) is 0 Å². The van der Waals surface area contributed by atoms with Crippen molar-refractivity contribution in [3.8, 4) is 57.5 Å². The molecule has 51 heavy (non-hydrogen) atoms. The maximum absolute atomic E-state index is 13.0. The SMILES string of the molecule is COc1cc2c(c(OC)c1O)CC#CC13CCC(CC4c5cc(O)ccc5-c5c(OCCO)cc6c(c5C4CO)C1C(O)C2O6)C(C)CCSS3. The summed E-state index contributed by atoms with van der Waals surface area (Å²) >= 11 is 0. The summed E-state index contributed by atoms with van der Waals surface area (Å²) in [4.78, 5) is 0. The fourth-order valence-electron chi connectivity index (χ4n) is 9.50. The Kier molecular flexibility index (Phi) is 9.20. The van der Waals surface area contributed by atoms with Crippen LogP contribution < -0.4 is 18.9 Å². The molecule has 8 unspecified atom stereocenters. The summed E-state index contributed by atoms with van der Waals surface area (Å²) in [6, 6.07) is 9.02. The van der Waals surface area contributed by atoms with Crippen LogP contribution in [-0.2, 0) is 6.42 Å². The molecule has 9 nitrogen and oxygen atoms in total. The maximum atomic E-state index is 13.0. The lowest BCUT2D eigenvalue weighted by molar-refractivity contribution is -0.00827. The standard InChI is InChI=1S/C40H44O9S2/c1-20-9-14-50-51-40-10-4-5-24-27(17-31(46-2)36(44)38(24)47-3)39-37(45)35(40)34-30(49-39)18-29(48-13-12-41)32-23-7-6-22(43)16-26(23)25(15-21(20)8-11-40)28(19-42)33(32)34/h6-7,16-18,20-21,25,28,35,37,39,41-45H,5,8-9,11-15,19H2,1-3H3. The van der Waals surface area contributed by atoms with E-state index in [1.807, 2.05) is 29.0 Å². The van der Waals surface area contributed by atoms with Crippen LogP contribution in [0, 0.1) is 23.7 Å². The fourth-order valence-corrected chi connectivity index (χ4v) is 12.8. The molecule has 1 saturated heterocycles. The van der Waals surface area contributed by atoms with Crippen LogP contribution in [0.15, 0.2) is 30.3 Å². The zero-order chi connectivity index (χ0) is 35.6. The van der Waals surface area contributed by atoms with Gasteiger partial charge in [0.05, 0.1) is 32.2 Å². The van der Waals surface area contributed by atoms with E-state index in [0.29, 0.717) is 34.5 Å². The van der Waals surface area contributed by atoms with Gasteiger partial charge < -0.3 is 44.5 Å². The molecular weight excluding hydrogens is 689 g/mol. The molecule has 11 heteroatoms. The van der Waals surface area contributed by atoms with Crippen molar-refractivity contribution >= 4 is 21.6 Å². The van der Waals surface area contributed by atoms with E-state index in [2.05, 4.69) is 18.8 Å². The molecule has 270 valence electrons. The summed E-state index contributed by atoms with van der Waals surface area (Å²) in [7, 11) is 6.53. The first kappa shape index (κ1) is 34.7. The van der Waals surface area contributed by atoms with Crippen molar-refractivity contribution in [3.05, 3.63) is 58.1 Å². The predicted molar refractivity (Wildman–Crippen MR) is 197 cm³/mol. The second kappa shape index (κ2) is 13.5. The summed E-state index contributed by atoms with van der Waals surface area (Å²) in [5.74, 6) is 9.33. The molecular formula is C40H44O9S2. The van der Waals surface area contributed by atoms with E-state index in [1.165, 1.54) is 14.2 Å². The number of ether oxygens (including phenoxy) is 4. The summed E-state index contributed by atoms with van der Waals surface area (Å²) < 4.78 is 23.9. The van der Waals surface area contributed by atoms with Crippen LogP contribution in [-0.4, -0.2) is 76.2 Å². The van der Waals surface area contributed by atoms with Crippen molar-refractivity contribution in [2.75, 3.05) is 39.8 Å². The monoisotopic (exact) mass is 732 g/mol.